The molecule has 0 amide bonds. The zero-order valence-corrected chi connectivity index (χ0v) is 8.50. The Morgan fingerprint density at radius 3 is 2.54 bits per heavy atom. The van der Waals surface area contributed by atoms with Gasteiger partial charge < -0.3 is 4.42 Å². The number of hydrogen-bond acceptors (Lipinski definition) is 1. The number of benzene rings is 1. The van der Waals surface area contributed by atoms with Crippen LogP contribution >= 0.6 is 0 Å². The van der Waals surface area contributed by atoms with E-state index in [1.807, 2.05) is 38.3 Å². The molecule has 1 nitrogen and oxygen atoms in total. The van der Waals surface area contributed by atoms with Gasteiger partial charge in [-0.25, -0.2) is 0 Å². The van der Waals surface area contributed by atoms with Crippen LogP contribution in [0.15, 0.2) is 34.9 Å². The van der Waals surface area contributed by atoms with Gasteiger partial charge in [0.1, 0.15) is 5.58 Å². The predicted octanol–water partition coefficient (Wildman–Crippen LogP) is 4.02. The first-order chi connectivity index (χ1) is 6.42. The molecule has 0 fully saturated rings. The summed E-state index contributed by atoms with van der Waals surface area (Å²) in [5.41, 5.74) is 2.28. The Balaban J connectivity index is 0.000000396. The maximum absolute atomic E-state index is 5.34. The Bertz CT molecular complexity index is 360. The number of furan rings is 1. The Hall–Kier alpha value is -1.24. The normalized spacial score (nSPS) is 9.46. The van der Waals surface area contributed by atoms with Gasteiger partial charge in [-0.2, -0.15) is 0 Å². The molecule has 2 aromatic rings. The largest absolute Gasteiger partial charge is 0.464 e. The highest BCUT2D eigenvalue weighted by molar-refractivity contribution is 5.80. The minimum atomic E-state index is 0.990. The highest BCUT2D eigenvalue weighted by Gasteiger charge is 2.00. The number of aryl methyl sites for hydroxylation is 1. The van der Waals surface area contributed by atoms with Crippen LogP contribution in [0.4, 0.5) is 0 Å². The first-order valence-corrected chi connectivity index (χ1v) is 4.87. The van der Waals surface area contributed by atoms with Gasteiger partial charge in [0, 0.05) is 5.39 Å². The molecule has 0 N–H and O–H groups in total. The van der Waals surface area contributed by atoms with Gasteiger partial charge in [-0.05, 0) is 18.1 Å². The van der Waals surface area contributed by atoms with Crippen LogP contribution in [0, 0.1) is 0 Å². The summed E-state index contributed by atoms with van der Waals surface area (Å²) in [6.07, 6.45) is 2.88. The molecule has 70 valence electrons. The lowest BCUT2D eigenvalue weighted by atomic mass is 10.1. The monoisotopic (exact) mass is 176 g/mol. The minimum absolute atomic E-state index is 0.990. The molecule has 2 rings (SSSR count). The molecule has 0 saturated carbocycles. The summed E-state index contributed by atoms with van der Waals surface area (Å²) in [5.74, 6) is 0. The van der Waals surface area contributed by atoms with E-state index in [0.29, 0.717) is 0 Å². The van der Waals surface area contributed by atoms with Crippen molar-refractivity contribution in [2.75, 3.05) is 0 Å². The molecule has 0 bridgehead atoms. The predicted molar refractivity (Wildman–Crippen MR) is 56.9 cm³/mol. The highest BCUT2D eigenvalue weighted by Crippen LogP contribution is 2.20. The quantitative estimate of drug-likeness (QED) is 0.639. The molecular weight excluding hydrogens is 160 g/mol. The van der Waals surface area contributed by atoms with Gasteiger partial charge in [0.2, 0.25) is 0 Å². The van der Waals surface area contributed by atoms with Crippen molar-refractivity contribution in [2.24, 2.45) is 0 Å². The summed E-state index contributed by atoms with van der Waals surface area (Å²) >= 11 is 0. The Kier molecular flexibility index (Phi) is 3.56. The Morgan fingerprint density at radius 1 is 1.15 bits per heavy atom. The molecular formula is C12H16O. The fraction of sp³-hybridized carbons (Fsp3) is 0.333. The summed E-state index contributed by atoms with van der Waals surface area (Å²) in [6.45, 7) is 6.14. The van der Waals surface area contributed by atoms with Gasteiger partial charge in [0.05, 0.1) is 6.26 Å². The smallest absolute Gasteiger partial charge is 0.134 e. The fourth-order valence-corrected chi connectivity index (χ4v) is 1.31. The second-order valence-corrected chi connectivity index (χ2v) is 2.61. The SMILES string of the molecule is CC.CCc1coc2ccccc12. The van der Waals surface area contributed by atoms with Gasteiger partial charge >= 0.3 is 0 Å². The third-order valence-corrected chi connectivity index (χ3v) is 1.94. The van der Waals surface area contributed by atoms with Gasteiger partial charge in [-0.3, -0.25) is 0 Å². The maximum atomic E-state index is 5.34. The molecule has 0 aliphatic rings. The lowest BCUT2D eigenvalue weighted by molar-refractivity contribution is 0.611. The molecule has 13 heavy (non-hydrogen) atoms. The van der Waals surface area contributed by atoms with Gasteiger partial charge in [-0.1, -0.05) is 39.0 Å². The van der Waals surface area contributed by atoms with E-state index in [1.54, 1.807) is 0 Å². The van der Waals surface area contributed by atoms with Crippen molar-refractivity contribution >= 4 is 11.0 Å². The number of rotatable bonds is 1. The fourth-order valence-electron chi connectivity index (χ4n) is 1.31. The van der Waals surface area contributed by atoms with Crippen LogP contribution in [0.3, 0.4) is 0 Å². The van der Waals surface area contributed by atoms with Crippen molar-refractivity contribution in [3.8, 4) is 0 Å². The van der Waals surface area contributed by atoms with Gasteiger partial charge in [0.25, 0.3) is 0 Å². The first kappa shape index (κ1) is 9.85. The van der Waals surface area contributed by atoms with Crippen LogP contribution in [0.25, 0.3) is 11.0 Å². The van der Waals surface area contributed by atoms with E-state index >= 15 is 0 Å². The summed E-state index contributed by atoms with van der Waals surface area (Å²) < 4.78 is 5.34. The van der Waals surface area contributed by atoms with E-state index in [-0.39, 0.29) is 0 Å². The van der Waals surface area contributed by atoms with E-state index < -0.39 is 0 Å². The molecule has 0 unspecified atom stereocenters. The van der Waals surface area contributed by atoms with Crippen LogP contribution in [0.1, 0.15) is 26.3 Å². The Morgan fingerprint density at radius 2 is 1.85 bits per heavy atom. The summed E-state index contributed by atoms with van der Waals surface area (Å²) in [6, 6.07) is 8.12. The van der Waals surface area contributed by atoms with E-state index in [1.165, 1.54) is 10.9 Å². The molecule has 1 heteroatoms. The molecule has 1 heterocycles. The average Bonchev–Trinajstić information content (AvgIpc) is 2.64. The Labute approximate surface area is 79.4 Å². The van der Waals surface area contributed by atoms with Crippen LogP contribution < -0.4 is 0 Å². The molecule has 0 saturated heterocycles. The van der Waals surface area contributed by atoms with Crippen molar-refractivity contribution in [1.82, 2.24) is 0 Å². The van der Waals surface area contributed by atoms with Crippen molar-refractivity contribution in [1.29, 1.82) is 0 Å². The number of hydrogen-bond donors (Lipinski definition) is 0. The van der Waals surface area contributed by atoms with E-state index in [0.717, 1.165) is 12.0 Å². The first-order valence-electron chi connectivity index (χ1n) is 4.87. The van der Waals surface area contributed by atoms with Gasteiger partial charge in [0.15, 0.2) is 0 Å². The van der Waals surface area contributed by atoms with Crippen LogP contribution in [0.5, 0.6) is 0 Å². The lowest BCUT2D eigenvalue weighted by Crippen LogP contribution is -1.72. The minimum Gasteiger partial charge on any atom is -0.464 e. The average molecular weight is 176 g/mol. The molecule has 0 aliphatic carbocycles. The van der Waals surface area contributed by atoms with Crippen molar-refractivity contribution in [3.63, 3.8) is 0 Å². The van der Waals surface area contributed by atoms with Crippen LogP contribution in [-0.4, -0.2) is 0 Å². The second-order valence-electron chi connectivity index (χ2n) is 2.61. The van der Waals surface area contributed by atoms with Gasteiger partial charge in [-0.15, -0.1) is 0 Å². The van der Waals surface area contributed by atoms with Crippen molar-refractivity contribution in [2.45, 2.75) is 27.2 Å². The zero-order chi connectivity index (χ0) is 9.68. The standard InChI is InChI=1S/C10H10O.C2H6/c1-2-8-7-11-10-6-4-3-5-9(8)10;1-2/h3-7H,2H2,1H3;1-2H3. The topological polar surface area (TPSA) is 13.1 Å². The lowest BCUT2D eigenvalue weighted by Gasteiger charge is -1.88. The summed E-state index contributed by atoms with van der Waals surface area (Å²) in [7, 11) is 0. The molecule has 1 aromatic carbocycles. The van der Waals surface area contributed by atoms with E-state index in [2.05, 4.69) is 13.0 Å². The number of para-hydroxylation sites is 1. The highest BCUT2D eigenvalue weighted by atomic mass is 16.3. The molecule has 1 aromatic heterocycles. The summed E-state index contributed by atoms with van der Waals surface area (Å²) in [4.78, 5) is 0. The second kappa shape index (κ2) is 4.70. The van der Waals surface area contributed by atoms with Crippen LogP contribution in [-0.2, 0) is 6.42 Å². The molecule has 0 atom stereocenters. The zero-order valence-electron chi connectivity index (χ0n) is 8.50. The molecule has 0 radical (unpaired) electrons. The molecule has 0 spiro atoms. The van der Waals surface area contributed by atoms with E-state index in [4.69, 9.17) is 4.42 Å². The number of fused-ring (bicyclic) bond motifs is 1. The van der Waals surface area contributed by atoms with Crippen molar-refractivity contribution < 1.29 is 4.42 Å². The third-order valence-electron chi connectivity index (χ3n) is 1.94. The third kappa shape index (κ3) is 1.92. The molecule has 0 aliphatic heterocycles. The maximum Gasteiger partial charge on any atom is 0.134 e. The summed E-state index contributed by atoms with van der Waals surface area (Å²) in [5, 5.41) is 1.25. The van der Waals surface area contributed by atoms with E-state index in [9.17, 15) is 0 Å². The van der Waals surface area contributed by atoms with Crippen LogP contribution in [0.2, 0.25) is 0 Å². The van der Waals surface area contributed by atoms with Crippen molar-refractivity contribution in [3.05, 3.63) is 36.1 Å².